The number of hydrogen-bond acceptors (Lipinski definition) is 3. The number of nitriles is 1. The minimum absolute atomic E-state index is 0.378. The number of imidazole rings is 1. The van der Waals surface area contributed by atoms with Crippen molar-refractivity contribution in [1.82, 2.24) is 9.38 Å². The number of thiazole rings is 1. The molecule has 4 heteroatoms. The highest BCUT2D eigenvalue weighted by Crippen LogP contribution is 2.27. The van der Waals surface area contributed by atoms with Gasteiger partial charge < -0.3 is 0 Å². The Balaban J connectivity index is 2.14. The molecular weight excluding hydrogens is 254 g/mol. The number of rotatable bonds is 3. The van der Waals surface area contributed by atoms with Crippen LogP contribution >= 0.6 is 11.3 Å². The minimum Gasteiger partial charge on any atom is -0.293 e. The van der Waals surface area contributed by atoms with Crippen molar-refractivity contribution in [2.75, 3.05) is 0 Å². The Morgan fingerprint density at radius 1 is 1.32 bits per heavy atom. The fraction of sp³-hybridized carbons (Fsp3) is 0.200. The SMILES string of the molecule is CCc1ccc(-c2nc3sccn3c2CC#N)cc1. The highest BCUT2D eigenvalue weighted by atomic mass is 32.1. The Labute approximate surface area is 115 Å². The Morgan fingerprint density at radius 3 is 2.79 bits per heavy atom. The van der Waals surface area contributed by atoms with Crippen LogP contribution in [-0.2, 0) is 12.8 Å². The van der Waals surface area contributed by atoms with Gasteiger partial charge in [-0.3, -0.25) is 4.40 Å². The van der Waals surface area contributed by atoms with Crippen LogP contribution in [0, 0.1) is 11.3 Å². The molecule has 0 aliphatic rings. The molecule has 3 rings (SSSR count). The van der Waals surface area contributed by atoms with Gasteiger partial charge in [0.25, 0.3) is 0 Å². The van der Waals surface area contributed by atoms with E-state index in [1.807, 2.05) is 16.0 Å². The molecule has 0 N–H and O–H groups in total. The van der Waals surface area contributed by atoms with Crippen molar-refractivity contribution in [3.05, 3.63) is 47.1 Å². The van der Waals surface area contributed by atoms with Gasteiger partial charge in [-0.2, -0.15) is 5.26 Å². The molecule has 0 radical (unpaired) electrons. The molecule has 0 aliphatic carbocycles. The number of aromatic nitrogens is 2. The van der Waals surface area contributed by atoms with Gasteiger partial charge in [-0.05, 0) is 12.0 Å². The van der Waals surface area contributed by atoms with E-state index in [2.05, 4.69) is 42.2 Å². The molecule has 2 heterocycles. The summed E-state index contributed by atoms with van der Waals surface area (Å²) in [5.41, 5.74) is 4.30. The summed E-state index contributed by atoms with van der Waals surface area (Å²) in [7, 11) is 0. The van der Waals surface area contributed by atoms with Gasteiger partial charge in [0.05, 0.1) is 23.9 Å². The van der Waals surface area contributed by atoms with Crippen LogP contribution in [0.1, 0.15) is 18.2 Å². The third-order valence-electron chi connectivity index (χ3n) is 3.24. The largest absolute Gasteiger partial charge is 0.293 e. The molecule has 3 nitrogen and oxygen atoms in total. The van der Waals surface area contributed by atoms with Crippen molar-refractivity contribution in [1.29, 1.82) is 5.26 Å². The van der Waals surface area contributed by atoms with Gasteiger partial charge in [0.2, 0.25) is 0 Å². The summed E-state index contributed by atoms with van der Waals surface area (Å²) in [6, 6.07) is 10.7. The maximum atomic E-state index is 9.00. The van der Waals surface area contributed by atoms with E-state index in [1.54, 1.807) is 11.3 Å². The quantitative estimate of drug-likeness (QED) is 0.726. The number of nitrogens with zero attached hydrogens (tertiary/aromatic N) is 3. The van der Waals surface area contributed by atoms with E-state index in [0.717, 1.165) is 28.3 Å². The second-order valence-corrected chi connectivity index (χ2v) is 5.22. The Bertz CT molecular complexity index is 744. The van der Waals surface area contributed by atoms with Crippen LogP contribution in [0.4, 0.5) is 0 Å². The molecule has 0 atom stereocenters. The average molecular weight is 267 g/mol. The first kappa shape index (κ1) is 11.9. The number of fused-ring (bicyclic) bond motifs is 1. The zero-order chi connectivity index (χ0) is 13.2. The lowest BCUT2D eigenvalue weighted by Gasteiger charge is -2.02. The molecule has 1 aromatic carbocycles. The summed E-state index contributed by atoms with van der Waals surface area (Å²) in [5.74, 6) is 0. The summed E-state index contributed by atoms with van der Waals surface area (Å²) in [5, 5.41) is 11.0. The van der Waals surface area contributed by atoms with E-state index >= 15 is 0 Å². The Morgan fingerprint density at radius 2 is 2.11 bits per heavy atom. The van der Waals surface area contributed by atoms with Crippen molar-refractivity contribution in [3.63, 3.8) is 0 Å². The molecule has 0 unspecified atom stereocenters. The van der Waals surface area contributed by atoms with E-state index in [9.17, 15) is 0 Å². The maximum absolute atomic E-state index is 9.00. The second-order valence-electron chi connectivity index (χ2n) is 4.35. The maximum Gasteiger partial charge on any atom is 0.194 e. The average Bonchev–Trinajstić information content (AvgIpc) is 3.02. The lowest BCUT2D eigenvalue weighted by Crippen LogP contribution is -1.91. The summed E-state index contributed by atoms with van der Waals surface area (Å²) in [4.78, 5) is 5.59. The smallest absolute Gasteiger partial charge is 0.194 e. The number of aryl methyl sites for hydroxylation is 1. The molecular formula is C15H13N3S. The first-order valence-corrected chi connectivity index (χ1v) is 7.12. The number of hydrogen-bond donors (Lipinski definition) is 0. The summed E-state index contributed by atoms with van der Waals surface area (Å²) in [6.07, 6.45) is 3.38. The van der Waals surface area contributed by atoms with Crippen LogP contribution in [0.2, 0.25) is 0 Å². The zero-order valence-corrected chi connectivity index (χ0v) is 11.4. The van der Waals surface area contributed by atoms with Gasteiger partial charge in [-0.1, -0.05) is 31.2 Å². The molecule has 3 aromatic rings. The van der Waals surface area contributed by atoms with E-state index in [0.29, 0.717) is 6.42 Å². The minimum atomic E-state index is 0.378. The van der Waals surface area contributed by atoms with Crippen molar-refractivity contribution in [3.8, 4) is 17.3 Å². The second kappa shape index (κ2) is 4.87. The Hall–Kier alpha value is -2.12. The molecule has 0 saturated carbocycles. The van der Waals surface area contributed by atoms with Gasteiger partial charge in [0.15, 0.2) is 4.96 Å². The third-order valence-corrected chi connectivity index (χ3v) is 4.00. The molecule has 0 saturated heterocycles. The molecule has 2 aromatic heterocycles. The molecule has 0 bridgehead atoms. The van der Waals surface area contributed by atoms with E-state index < -0.39 is 0 Å². The van der Waals surface area contributed by atoms with Gasteiger partial charge in [0, 0.05) is 17.1 Å². The zero-order valence-electron chi connectivity index (χ0n) is 10.6. The normalized spacial score (nSPS) is 10.7. The van der Waals surface area contributed by atoms with Crippen LogP contribution in [0.25, 0.3) is 16.2 Å². The highest BCUT2D eigenvalue weighted by molar-refractivity contribution is 7.15. The lowest BCUT2D eigenvalue weighted by atomic mass is 10.1. The van der Waals surface area contributed by atoms with Crippen LogP contribution < -0.4 is 0 Å². The summed E-state index contributed by atoms with van der Waals surface area (Å²) < 4.78 is 2.01. The van der Waals surface area contributed by atoms with Gasteiger partial charge in [-0.25, -0.2) is 4.98 Å². The third kappa shape index (κ3) is 2.02. The van der Waals surface area contributed by atoms with E-state index in [1.165, 1.54) is 5.56 Å². The first-order valence-electron chi connectivity index (χ1n) is 6.24. The lowest BCUT2D eigenvalue weighted by molar-refractivity contribution is 1.07. The molecule has 19 heavy (non-hydrogen) atoms. The summed E-state index contributed by atoms with van der Waals surface area (Å²) >= 11 is 1.59. The molecule has 0 fully saturated rings. The van der Waals surface area contributed by atoms with E-state index in [4.69, 9.17) is 5.26 Å². The van der Waals surface area contributed by atoms with Crippen molar-refractivity contribution in [2.45, 2.75) is 19.8 Å². The molecule has 0 amide bonds. The predicted octanol–water partition coefficient (Wildman–Crippen LogP) is 3.69. The molecule has 0 aliphatic heterocycles. The topological polar surface area (TPSA) is 41.1 Å². The predicted molar refractivity (Wildman–Crippen MR) is 77.2 cm³/mol. The van der Waals surface area contributed by atoms with E-state index in [-0.39, 0.29) is 0 Å². The van der Waals surface area contributed by atoms with Crippen molar-refractivity contribution >= 4 is 16.3 Å². The fourth-order valence-corrected chi connectivity index (χ4v) is 2.94. The summed E-state index contributed by atoms with van der Waals surface area (Å²) in [6.45, 7) is 2.14. The fourth-order valence-electron chi connectivity index (χ4n) is 2.21. The van der Waals surface area contributed by atoms with Crippen molar-refractivity contribution < 1.29 is 0 Å². The number of benzene rings is 1. The molecule has 94 valence electrons. The van der Waals surface area contributed by atoms with Crippen LogP contribution in [0.3, 0.4) is 0 Å². The van der Waals surface area contributed by atoms with Gasteiger partial charge in [0.1, 0.15) is 0 Å². The Kier molecular flexibility index (Phi) is 3.06. The van der Waals surface area contributed by atoms with Crippen LogP contribution in [-0.4, -0.2) is 9.38 Å². The van der Waals surface area contributed by atoms with Gasteiger partial charge >= 0.3 is 0 Å². The van der Waals surface area contributed by atoms with Crippen molar-refractivity contribution in [2.24, 2.45) is 0 Å². The van der Waals surface area contributed by atoms with Crippen LogP contribution in [0.15, 0.2) is 35.8 Å². The van der Waals surface area contributed by atoms with Gasteiger partial charge in [-0.15, -0.1) is 11.3 Å². The standard InChI is InChI=1S/C15H13N3S/c1-2-11-3-5-12(6-4-11)14-13(7-8-16)18-9-10-19-15(18)17-14/h3-6,9-10H,2,7H2,1H3. The monoisotopic (exact) mass is 267 g/mol. The first-order chi connectivity index (χ1) is 9.33. The molecule has 0 spiro atoms. The van der Waals surface area contributed by atoms with Crippen LogP contribution in [0.5, 0.6) is 0 Å². The highest BCUT2D eigenvalue weighted by Gasteiger charge is 2.14.